The third kappa shape index (κ3) is 4.74. The van der Waals surface area contributed by atoms with Gasteiger partial charge in [-0.25, -0.2) is 24.2 Å². The summed E-state index contributed by atoms with van der Waals surface area (Å²) in [6.45, 7) is 8.80. The summed E-state index contributed by atoms with van der Waals surface area (Å²) in [6, 6.07) is 5.93. The smallest absolute Gasteiger partial charge is 0.430 e. The van der Waals surface area contributed by atoms with Gasteiger partial charge in [0.25, 0.3) is 11.9 Å². The van der Waals surface area contributed by atoms with Gasteiger partial charge in [0.05, 0.1) is 17.5 Å². The molecule has 7 nitrogen and oxygen atoms in total. The lowest BCUT2D eigenvalue weighted by Gasteiger charge is -2.35. The fraction of sp³-hybridized carbons (Fsp3) is 0.364. The molecule has 1 aliphatic rings. The quantitative estimate of drug-likeness (QED) is 0.671. The van der Waals surface area contributed by atoms with Gasteiger partial charge in [-0.05, 0) is 52.8 Å². The van der Waals surface area contributed by atoms with Crippen LogP contribution >= 0.6 is 0 Å². The van der Waals surface area contributed by atoms with Crippen molar-refractivity contribution in [1.82, 2.24) is 15.0 Å². The molecule has 0 N–H and O–H groups in total. The number of carbonyl (C=O) groups is 2. The van der Waals surface area contributed by atoms with Gasteiger partial charge in [0.1, 0.15) is 11.4 Å². The maximum absolute atomic E-state index is 13.3. The van der Waals surface area contributed by atoms with E-state index in [2.05, 4.69) is 21.8 Å². The molecule has 0 bridgehead atoms. The lowest BCUT2D eigenvalue weighted by Crippen LogP contribution is -2.53. The first-order chi connectivity index (χ1) is 14.0. The molecule has 1 aromatic heterocycles. The minimum Gasteiger partial charge on any atom is -0.442 e. The van der Waals surface area contributed by atoms with Crippen molar-refractivity contribution >= 4 is 17.9 Å². The van der Waals surface area contributed by atoms with Gasteiger partial charge in [-0.2, -0.15) is 5.01 Å². The molecular formula is C22H23FN4O3. The van der Waals surface area contributed by atoms with Crippen molar-refractivity contribution in [2.24, 2.45) is 0 Å². The van der Waals surface area contributed by atoms with E-state index in [0.29, 0.717) is 11.1 Å². The highest BCUT2D eigenvalue weighted by atomic mass is 19.1. The van der Waals surface area contributed by atoms with Crippen LogP contribution in [0.2, 0.25) is 0 Å². The number of hydrazine groups is 1. The predicted molar refractivity (Wildman–Crippen MR) is 109 cm³/mol. The molecule has 156 valence electrons. The second-order valence-corrected chi connectivity index (χ2v) is 8.52. The number of nitrogens with zero attached hydrogens (tertiary/aromatic N) is 4. The molecule has 8 heteroatoms. The summed E-state index contributed by atoms with van der Waals surface area (Å²) in [7, 11) is 0. The van der Waals surface area contributed by atoms with Crippen molar-refractivity contribution in [1.29, 1.82) is 0 Å². The zero-order valence-corrected chi connectivity index (χ0v) is 17.6. The molecular weight excluding hydrogens is 387 g/mol. The second kappa shape index (κ2) is 7.75. The van der Waals surface area contributed by atoms with Crippen molar-refractivity contribution in [3.05, 3.63) is 53.6 Å². The lowest BCUT2D eigenvalue weighted by molar-refractivity contribution is -0.118. The largest absolute Gasteiger partial charge is 0.442 e. The second-order valence-electron chi connectivity index (χ2n) is 8.52. The summed E-state index contributed by atoms with van der Waals surface area (Å²) in [6.07, 6.45) is 2.34. The number of rotatable bonds is 1. The van der Waals surface area contributed by atoms with E-state index in [1.54, 1.807) is 46.8 Å². The van der Waals surface area contributed by atoms with Gasteiger partial charge in [0, 0.05) is 18.0 Å². The van der Waals surface area contributed by atoms with Gasteiger partial charge in [0.2, 0.25) is 0 Å². The van der Waals surface area contributed by atoms with Crippen LogP contribution in [0.4, 0.5) is 15.1 Å². The topological polar surface area (TPSA) is 75.6 Å². The molecule has 2 aromatic rings. The molecule has 2 amide bonds. The first kappa shape index (κ1) is 21.2. The van der Waals surface area contributed by atoms with Crippen molar-refractivity contribution in [2.45, 2.75) is 52.2 Å². The van der Waals surface area contributed by atoms with E-state index in [1.165, 1.54) is 29.5 Å². The Morgan fingerprint density at radius 3 is 2.40 bits per heavy atom. The van der Waals surface area contributed by atoms with Crippen LogP contribution in [0.3, 0.4) is 0 Å². The fourth-order valence-electron chi connectivity index (χ4n) is 2.94. The molecule has 1 aromatic carbocycles. The van der Waals surface area contributed by atoms with Crippen LogP contribution in [0.25, 0.3) is 0 Å². The molecule has 1 saturated heterocycles. The molecule has 0 radical (unpaired) electrons. The number of hydrogen-bond acceptors (Lipinski definition) is 5. The van der Waals surface area contributed by atoms with Crippen LogP contribution in [-0.4, -0.2) is 38.1 Å². The van der Waals surface area contributed by atoms with Gasteiger partial charge >= 0.3 is 6.09 Å². The highest BCUT2D eigenvalue weighted by Gasteiger charge is 2.50. The Morgan fingerprint density at radius 1 is 1.17 bits per heavy atom. The maximum Gasteiger partial charge on any atom is 0.430 e. The average Bonchev–Trinajstić information content (AvgIpc) is 2.87. The minimum atomic E-state index is -0.793. The molecule has 0 atom stereocenters. The van der Waals surface area contributed by atoms with Gasteiger partial charge in [-0.15, -0.1) is 0 Å². The van der Waals surface area contributed by atoms with Gasteiger partial charge in [-0.1, -0.05) is 17.9 Å². The predicted octanol–water partition coefficient (Wildman–Crippen LogP) is 3.68. The fourth-order valence-corrected chi connectivity index (χ4v) is 2.94. The third-order valence-electron chi connectivity index (χ3n) is 4.16. The lowest BCUT2D eigenvalue weighted by atomic mass is 10.0. The minimum absolute atomic E-state index is 0.0488. The number of hydrogen-bond donors (Lipinski definition) is 0. The van der Waals surface area contributed by atoms with Crippen LogP contribution < -0.4 is 5.01 Å². The highest BCUT2D eigenvalue weighted by molar-refractivity contribution is 5.98. The van der Waals surface area contributed by atoms with Crippen molar-refractivity contribution in [3.8, 4) is 11.8 Å². The van der Waals surface area contributed by atoms with E-state index in [9.17, 15) is 14.0 Å². The Balaban J connectivity index is 1.86. The van der Waals surface area contributed by atoms with Gasteiger partial charge in [-0.3, -0.25) is 4.79 Å². The SMILES string of the molecule is CC(C)(C)OC(=O)N1N(c2ncc(C#Cc3cccc(F)c3)cn2)C(=O)CC1(C)C. The van der Waals surface area contributed by atoms with Gasteiger partial charge < -0.3 is 4.74 Å². The Labute approximate surface area is 174 Å². The molecule has 0 spiro atoms. The standard InChI is InChI=1S/C22H23FN4O3/c1-21(2,3)30-20(29)27-22(4,5)12-18(28)26(27)19-24-13-16(14-25-19)10-9-15-7-6-8-17(23)11-15/h6-8,11,13-14H,12H2,1-5H3. The summed E-state index contributed by atoms with van der Waals surface area (Å²) < 4.78 is 18.7. The third-order valence-corrected chi connectivity index (χ3v) is 4.16. The van der Waals surface area contributed by atoms with Crippen LogP contribution in [0.5, 0.6) is 0 Å². The summed E-state index contributed by atoms with van der Waals surface area (Å²) in [4.78, 5) is 33.8. The van der Waals surface area contributed by atoms with E-state index in [-0.39, 0.29) is 24.1 Å². The maximum atomic E-state index is 13.3. The van der Waals surface area contributed by atoms with E-state index >= 15 is 0 Å². The van der Waals surface area contributed by atoms with Crippen molar-refractivity contribution < 1.29 is 18.7 Å². The van der Waals surface area contributed by atoms with Gasteiger partial charge in [0.15, 0.2) is 0 Å². The van der Waals surface area contributed by atoms with Crippen LogP contribution in [0.15, 0.2) is 36.7 Å². The number of carbonyl (C=O) groups excluding carboxylic acids is 2. The molecule has 30 heavy (non-hydrogen) atoms. The first-order valence-electron chi connectivity index (χ1n) is 9.42. The molecule has 0 aliphatic carbocycles. The number of halogens is 1. The van der Waals surface area contributed by atoms with E-state index in [0.717, 1.165) is 5.01 Å². The number of amides is 2. The highest BCUT2D eigenvalue weighted by Crippen LogP contribution is 2.33. The normalized spacial score (nSPS) is 15.6. The van der Waals surface area contributed by atoms with Crippen LogP contribution in [0, 0.1) is 17.7 Å². The number of ether oxygens (including phenoxy) is 1. The number of anilines is 1. The first-order valence-corrected chi connectivity index (χ1v) is 9.42. The van der Waals surface area contributed by atoms with Crippen LogP contribution in [0.1, 0.15) is 52.2 Å². The number of benzene rings is 1. The summed E-state index contributed by atoms with van der Waals surface area (Å²) in [5, 5.41) is 2.38. The van der Waals surface area contributed by atoms with Crippen molar-refractivity contribution in [3.63, 3.8) is 0 Å². The van der Waals surface area contributed by atoms with E-state index in [4.69, 9.17) is 4.74 Å². The molecule has 1 aliphatic heterocycles. The summed E-state index contributed by atoms with van der Waals surface area (Å²) in [5.41, 5.74) is -0.510. The average molecular weight is 410 g/mol. The monoisotopic (exact) mass is 410 g/mol. The molecule has 0 unspecified atom stereocenters. The van der Waals surface area contributed by atoms with E-state index < -0.39 is 17.2 Å². The summed E-state index contributed by atoms with van der Waals surface area (Å²) >= 11 is 0. The summed E-state index contributed by atoms with van der Waals surface area (Å²) in [5.74, 6) is 5.04. The Kier molecular flexibility index (Phi) is 5.49. The Bertz CT molecular complexity index is 1030. The van der Waals surface area contributed by atoms with Crippen LogP contribution in [-0.2, 0) is 9.53 Å². The molecule has 0 saturated carbocycles. The molecule has 3 rings (SSSR count). The zero-order chi connectivity index (χ0) is 22.1. The van der Waals surface area contributed by atoms with Crippen molar-refractivity contribution in [2.75, 3.05) is 5.01 Å². The van der Waals surface area contributed by atoms with E-state index in [1.807, 2.05) is 0 Å². The Hall–Kier alpha value is -3.47. The zero-order valence-electron chi connectivity index (χ0n) is 17.6. The molecule has 2 heterocycles. The number of aromatic nitrogens is 2. The molecule has 1 fully saturated rings. The Morgan fingerprint density at radius 2 is 1.80 bits per heavy atom.